The first-order valence-corrected chi connectivity index (χ1v) is 4.32. The van der Waals surface area contributed by atoms with E-state index < -0.39 is 5.91 Å². The van der Waals surface area contributed by atoms with E-state index in [4.69, 9.17) is 5.73 Å². The predicted molar refractivity (Wildman–Crippen MR) is 54.6 cm³/mol. The van der Waals surface area contributed by atoms with Gasteiger partial charge in [0, 0.05) is 11.8 Å². The summed E-state index contributed by atoms with van der Waals surface area (Å²) in [5.41, 5.74) is 7.16. The maximum Gasteiger partial charge on any atom is 0.229 e. The Morgan fingerprint density at radius 3 is 3.20 bits per heavy atom. The zero-order valence-corrected chi connectivity index (χ0v) is 7.82. The molecule has 0 bridgehead atoms. The van der Waals surface area contributed by atoms with Crippen molar-refractivity contribution in [3.63, 3.8) is 0 Å². The minimum absolute atomic E-state index is 0.0566. The highest BCUT2D eigenvalue weighted by Gasteiger charge is 1.96. The first-order valence-electron chi connectivity index (χ1n) is 4.32. The van der Waals surface area contributed by atoms with Crippen LogP contribution in [-0.2, 0) is 4.79 Å². The molecule has 0 aliphatic heterocycles. The Labute approximate surface area is 85.7 Å². The number of amides is 1. The molecule has 2 aromatic heterocycles. The number of carbonyl (C=O) groups is 1. The van der Waals surface area contributed by atoms with E-state index in [0.29, 0.717) is 5.65 Å². The molecule has 2 rings (SSSR count). The summed E-state index contributed by atoms with van der Waals surface area (Å²) in [6.07, 6.45) is 3.23. The second kappa shape index (κ2) is 3.80. The Bertz CT molecular complexity index is 561. The molecular formula is C10H8N4O. The van der Waals surface area contributed by atoms with Crippen molar-refractivity contribution in [2.24, 2.45) is 5.73 Å². The molecule has 0 fully saturated rings. The van der Waals surface area contributed by atoms with E-state index in [9.17, 15) is 4.79 Å². The second-order valence-corrected chi connectivity index (χ2v) is 2.94. The van der Waals surface area contributed by atoms with Gasteiger partial charge in [-0.1, -0.05) is 11.8 Å². The van der Waals surface area contributed by atoms with Crippen LogP contribution in [0.4, 0.5) is 0 Å². The third-order valence-corrected chi connectivity index (χ3v) is 1.77. The number of nitrogens with zero attached hydrogens (tertiary/aromatic N) is 2. The Morgan fingerprint density at radius 2 is 2.40 bits per heavy atom. The molecule has 2 heterocycles. The Balaban J connectivity index is 2.27. The van der Waals surface area contributed by atoms with E-state index in [2.05, 4.69) is 26.8 Å². The van der Waals surface area contributed by atoms with Crippen LogP contribution < -0.4 is 5.73 Å². The molecule has 0 spiro atoms. The molecule has 0 aromatic carbocycles. The van der Waals surface area contributed by atoms with Gasteiger partial charge >= 0.3 is 0 Å². The number of pyridine rings is 1. The van der Waals surface area contributed by atoms with Gasteiger partial charge in [0.05, 0.1) is 18.3 Å². The minimum atomic E-state index is -0.432. The van der Waals surface area contributed by atoms with Crippen LogP contribution in [0, 0.1) is 11.8 Å². The largest absolute Gasteiger partial charge is 0.369 e. The highest BCUT2D eigenvalue weighted by Crippen LogP contribution is 2.06. The summed E-state index contributed by atoms with van der Waals surface area (Å²) in [4.78, 5) is 21.4. The standard InChI is InChI=1S/C10H8N4O/c11-9(15)3-1-2-7-4-8-10(12-5-7)14-6-13-8/h4-6H,3H2,(H2,11,15)(H,12,13,14). The summed E-state index contributed by atoms with van der Waals surface area (Å²) in [7, 11) is 0. The summed E-state index contributed by atoms with van der Waals surface area (Å²) < 4.78 is 0. The number of fused-ring (bicyclic) bond motifs is 1. The summed E-state index contributed by atoms with van der Waals surface area (Å²) in [6, 6.07) is 1.82. The van der Waals surface area contributed by atoms with Crippen molar-refractivity contribution in [1.29, 1.82) is 0 Å². The number of aromatic amines is 1. The van der Waals surface area contributed by atoms with E-state index in [-0.39, 0.29) is 6.42 Å². The number of nitrogens with two attached hydrogens (primary N) is 1. The van der Waals surface area contributed by atoms with Crippen molar-refractivity contribution in [3.8, 4) is 11.8 Å². The van der Waals surface area contributed by atoms with Crippen molar-refractivity contribution in [2.45, 2.75) is 6.42 Å². The van der Waals surface area contributed by atoms with E-state index in [1.807, 2.05) is 6.07 Å². The number of imidazole rings is 1. The fraction of sp³-hybridized carbons (Fsp3) is 0.100. The van der Waals surface area contributed by atoms with Gasteiger partial charge in [0.15, 0.2) is 5.65 Å². The number of H-pyrrole nitrogens is 1. The summed E-state index contributed by atoms with van der Waals surface area (Å²) in [5, 5.41) is 0. The molecule has 0 aliphatic carbocycles. The van der Waals surface area contributed by atoms with Crippen molar-refractivity contribution in [1.82, 2.24) is 15.0 Å². The highest BCUT2D eigenvalue weighted by molar-refractivity contribution is 5.77. The van der Waals surface area contributed by atoms with E-state index >= 15 is 0 Å². The number of carbonyl (C=O) groups excluding carboxylic acids is 1. The van der Waals surface area contributed by atoms with Gasteiger partial charge in [-0.15, -0.1) is 0 Å². The van der Waals surface area contributed by atoms with Crippen LogP contribution in [0.1, 0.15) is 12.0 Å². The van der Waals surface area contributed by atoms with Gasteiger partial charge in [0.25, 0.3) is 0 Å². The fourth-order valence-electron chi connectivity index (χ4n) is 1.13. The SMILES string of the molecule is NC(=O)CC#Cc1cnc2nc[nH]c2c1. The highest BCUT2D eigenvalue weighted by atomic mass is 16.1. The van der Waals surface area contributed by atoms with Crippen molar-refractivity contribution in [3.05, 3.63) is 24.2 Å². The maximum atomic E-state index is 10.4. The molecule has 1 amide bonds. The van der Waals surface area contributed by atoms with Crippen molar-refractivity contribution < 1.29 is 4.79 Å². The number of primary amides is 1. The number of hydrogen-bond donors (Lipinski definition) is 2. The summed E-state index contributed by atoms with van der Waals surface area (Å²) in [5.74, 6) is 5.02. The molecule has 15 heavy (non-hydrogen) atoms. The molecule has 5 heteroatoms. The average molecular weight is 200 g/mol. The van der Waals surface area contributed by atoms with E-state index in [0.717, 1.165) is 11.1 Å². The van der Waals surface area contributed by atoms with E-state index in [1.54, 1.807) is 12.5 Å². The molecule has 3 N–H and O–H groups in total. The van der Waals surface area contributed by atoms with Crippen LogP contribution in [0.3, 0.4) is 0 Å². The van der Waals surface area contributed by atoms with Crippen LogP contribution in [0.5, 0.6) is 0 Å². The molecule has 5 nitrogen and oxygen atoms in total. The first kappa shape index (κ1) is 9.21. The van der Waals surface area contributed by atoms with Crippen LogP contribution in [0.15, 0.2) is 18.6 Å². The monoisotopic (exact) mass is 200 g/mol. The first-order chi connectivity index (χ1) is 7.25. The van der Waals surface area contributed by atoms with Crippen molar-refractivity contribution >= 4 is 17.1 Å². The Kier molecular flexibility index (Phi) is 2.33. The molecule has 0 saturated carbocycles. The van der Waals surface area contributed by atoms with Gasteiger partial charge < -0.3 is 10.7 Å². The topological polar surface area (TPSA) is 84.7 Å². The number of hydrogen-bond acceptors (Lipinski definition) is 3. The van der Waals surface area contributed by atoms with Crippen LogP contribution in [0.2, 0.25) is 0 Å². The normalized spacial score (nSPS) is 9.60. The van der Waals surface area contributed by atoms with Gasteiger partial charge in [-0.3, -0.25) is 4.79 Å². The molecule has 0 aliphatic rings. The Hall–Kier alpha value is -2.35. The lowest BCUT2D eigenvalue weighted by Gasteiger charge is -1.89. The second-order valence-electron chi connectivity index (χ2n) is 2.94. The molecule has 0 unspecified atom stereocenters. The number of nitrogens with one attached hydrogen (secondary N) is 1. The number of aromatic nitrogens is 3. The van der Waals surface area contributed by atoms with Crippen LogP contribution in [-0.4, -0.2) is 20.9 Å². The molecule has 74 valence electrons. The maximum absolute atomic E-state index is 10.4. The fourth-order valence-corrected chi connectivity index (χ4v) is 1.13. The van der Waals surface area contributed by atoms with Gasteiger partial charge in [-0.2, -0.15) is 0 Å². The van der Waals surface area contributed by atoms with Gasteiger partial charge in [0.1, 0.15) is 0 Å². The van der Waals surface area contributed by atoms with Crippen LogP contribution >= 0.6 is 0 Å². The van der Waals surface area contributed by atoms with Crippen LogP contribution in [0.25, 0.3) is 11.2 Å². The average Bonchev–Trinajstić information content (AvgIpc) is 2.64. The zero-order chi connectivity index (χ0) is 10.7. The molecule has 0 atom stereocenters. The number of rotatable bonds is 1. The Morgan fingerprint density at radius 1 is 1.53 bits per heavy atom. The summed E-state index contributed by atoms with van der Waals surface area (Å²) >= 11 is 0. The van der Waals surface area contributed by atoms with Gasteiger partial charge in [-0.05, 0) is 6.07 Å². The smallest absolute Gasteiger partial charge is 0.229 e. The van der Waals surface area contributed by atoms with Gasteiger partial charge in [0.2, 0.25) is 5.91 Å². The minimum Gasteiger partial charge on any atom is -0.369 e. The van der Waals surface area contributed by atoms with Gasteiger partial charge in [-0.25, -0.2) is 9.97 Å². The zero-order valence-electron chi connectivity index (χ0n) is 7.82. The van der Waals surface area contributed by atoms with E-state index in [1.165, 1.54) is 0 Å². The molecule has 0 radical (unpaired) electrons. The quantitative estimate of drug-likeness (QED) is 0.644. The predicted octanol–water partition coefficient (Wildman–Crippen LogP) is 0.185. The molecular weight excluding hydrogens is 192 g/mol. The lowest BCUT2D eigenvalue weighted by molar-refractivity contribution is -0.117. The third-order valence-electron chi connectivity index (χ3n) is 1.77. The third kappa shape index (κ3) is 2.11. The molecule has 2 aromatic rings. The lowest BCUT2D eigenvalue weighted by Crippen LogP contribution is -2.08. The molecule has 0 saturated heterocycles. The van der Waals surface area contributed by atoms with Crippen molar-refractivity contribution in [2.75, 3.05) is 0 Å². The lowest BCUT2D eigenvalue weighted by atomic mass is 10.2. The summed E-state index contributed by atoms with van der Waals surface area (Å²) in [6.45, 7) is 0.